The van der Waals surface area contributed by atoms with Gasteiger partial charge in [0.15, 0.2) is 0 Å². The highest BCUT2D eigenvalue weighted by Gasteiger charge is 2.25. The molecule has 1 fully saturated rings. The van der Waals surface area contributed by atoms with E-state index in [1.807, 2.05) is 0 Å². The SMILES string of the molecule is OC(CC1CC1)c1ccc(C(F)F)cc1. The lowest BCUT2D eigenvalue weighted by Crippen LogP contribution is -1.98. The molecule has 1 aliphatic carbocycles. The second-order valence-corrected chi connectivity index (χ2v) is 4.16. The summed E-state index contributed by atoms with van der Waals surface area (Å²) < 4.78 is 24.5. The van der Waals surface area contributed by atoms with Crippen molar-refractivity contribution in [3.05, 3.63) is 35.4 Å². The molecule has 0 aromatic heterocycles. The Labute approximate surface area is 87.7 Å². The number of rotatable bonds is 4. The number of halogens is 2. The minimum absolute atomic E-state index is 0.0115. The molecule has 1 saturated carbocycles. The van der Waals surface area contributed by atoms with Gasteiger partial charge in [-0.1, -0.05) is 37.1 Å². The number of aliphatic hydroxyl groups is 1. The van der Waals surface area contributed by atoms with Crippen LogP contribution in [0.25, 0.3) is 0 Å². The molecule has 1 nitrogen and oxygen atoms in total. The van der Waals surface area contributed by atoms with Gasteiger partial charge in [-0.2, -0.15) is 0 Å². The Hall–Kier alpha value is -0.960. The van der Waals surface area contributed by atoms with Gasteiger partial charge in [0.1, 0.15) is 0 Å². The van der Waals surface area contributed by atoms with Gasteiger partial charge in [0, 0.05) is 5.56 Å². The van der Waals surface area contributed by atoms with Crippen molar-refractivity contribution in [3.8, 4) is 0 Å². The topological polar surface area (TPSA) is 20.2 Å². The highest BCUT2D eigenvalue weighted by atomic mass is 19.3. The average molecular weight is 212 g/mol. The fourth-order valence-electron chi connectivity index (χ4n) is 1.67. The molecule has 0 amide bonds. The molecule has 0 radical (unpaired) electrons. The van der Waals surface area contributed by atoms with Gasteiger partial charge >= 0.3 is 0 Å². The molecule has 0 spiro atoms. The Morgan fingerprint density at radius 1 is 1.13 bits per heavy atom. The Balaban J connectivity index is 2.01. The monoisotopic (exact) mass is 212 g/mol. The van der Waals surface area contributed by atoms with Crippen molar-refractivity contribution in [1.82, 2.24) is 0 Å². The molecule has 82 valence electrons. The summed E-state index contributed by atoms with van der Waals surface area (Å²) in [6.07, 6.45) is 0.204. The Bertz CT molecular complexity index is 317. The highest BCUT2D eigenvalue weighted by molar-refractivity contribution is 5.25. The van der Waals surface area contributed by atoms with Gasteiger partial charge in [0.25, 0.3) is 6.43 Å². The lowest BCUT2D eigenvalue weighted by molar-refractivity contribution is 0.150. The van der Waals surface area contributed by atoms with Gasteiger partial charge in [0.05, 0.1) is 6.10 Å². The quantitative estimate of drug-likeness (QED) is 0.810. The molecule has 0 heterocycles. The van der Waals surface area contributed by atoms with E-state index in [2.05, 4.69) is 0 Å². The van der Waals surface area contributed by atoms with Crippen molar-refractivity contribution >= 4 is 0 Å². The summed E-state index contributed by atoms with van der Waals surface area (Å²) in [6, 6.07) is 5.95. The van der Waals surface area contributed by atoms with Gasteiger partial charge < -0.3 is 5.11 Å². The van der Waals surface area contributed by atoms with Crippen molar-refractivity contribution in [3.63, 3.8) is 0 Å². The van der Waals surface area contributed by atoms with E-state index in [4.69, 9.17) is 0 Å². The van der Waals surface area contributed by atoms with Crippen LogP contribution in [0.2, 0.25) is 0 Å². The van der Waals surface area contributed by atoms with Gasteiger partial charge in [-0.15, -0.1) is 0 Å². The van der Waals surface area contributed by atoms with E-state index in [1.165, 1.54) is 25.0 Å². The maximum absolute atomic E-state index is 12.3. The zero-order chi connectivity index (χ0) is 10.8. The number of benzene rings is 1. The zero-order valence-corrected chi connectivity index (χ0v) is 8.37. The molecule has 1 aliphatic rings. The van der Waals surface area contributed by atoms with Crippen LogP contribution in [0.1, 0.15) is 42.9 Å². The van der Waals surface area contributed by atoms with Crippen LogP contribution in [-0.4, -0.2) is 5.11 Å². The van der Waals surface area contributed by atoms with Crippen LogP contribution in [0, 0.1) is 5.92 Å². The van der Waals surface area contributed by atoms with Crippen LogP contribution >= 0.6 is 0 Å². The largest absolute Gasteiger partial charge is 0.388 e. The molecule has 1 N–H and O–H groups in total. The molecule has 0 saturated heterocycles. The van der Waals surface area contributed by atoms with Gasteiger partial charge in [0.2, 0.25) is 0 Å². The van der Waals surface area contributed by atoms with E-state index in [-0.39, 0.29) is 5.56 Å². The molecule has 0 bridgehead atoms. The first-order chi connectivity index (χ1) is 7.16. The maximum Gasteiger partial charge on any atom is 0.263 e. The lowest BCUT2D eigenvalue weighted by atomic mass is 10.0. The van der Waals surface area contributed by atoms with Crippen LogP contribution < -0.4 is 0 Å². The molecule has 1 atom stereocenters. The predicted octanol–water partition coefficient (Wildman–Crippen LogP) is 3.46. The van der Waals surface area contributed by atoms with Crippen LogP contribution in [0.5, 0.6) is 0 Å². The van der Waals surface area contributed by atoms with Crippen molar-refractivity contribution in [2.24, 2.45) is 5.92 Å². The van der Waals surface area contributed by atoms with Crippen molar-refractivity contribution in [2.45, 2.75) is 31.8 Å². The van der Waals surface area contributed by atoms with Crippen LogP contribution in [-0.2, 0) is 0 Å². The van der Waals surface area contributed by atoms with Gasteiger partial charge in [-0.25, -0.2) is 8.78 Å². The molecule has 0 aliphatic heterocycles. The van der Waals surface area contributed by atoms with Crippen molar-refractivity contribution in [1.29, 1.82) is 0 Å². The smallest absolute Gasteiger partial charge is 0.263 e. The van der Waals surface area contributed by atoms with E-state index < -0.39 is 12.5 Å². The Morgan fingerprint density at radius 2 is 1.67 bits per heavy atom. The summed E-state index contributed by atoms with van der Waals surface area (Å²) in [7, 11) is 0. The summed E-state index contributed by atoms with van der Waals surface area (Å²) in [5.74, 6) is 0.634. The maximum atomic E-state index is 12.3. The molecule has 15 heavy (non-hydrogen) atoms. The lowest BCUT2D eigenvalue weighted by Gasteiger charge is -2.10. The normalized spacial score (nSPS) is 18.1. The zero-order valence-electron chi connectivity index (χ0n) is 8.37. The third kappa shape index (κ3) is 2.75. The van der Waals surface area contributed by atoms with Crippen LogP contribution in [0.4, 0.5) is 8.78 Å². The second-order valence-electron chi connectivity index (χ2n) is 4.16. The van der Waals surface area contributed by atoms with E-state index in [0.717, 1.165) is 12.0 Å². The summed E-state index contributed by atoms with van der Waals surface area (Å²) in [5.41, 5.74) is 0.753. The molecule has 1 unspecified atom stereocenters. The van der Waals surface area contributed by atoms with Crippen molar-refractivity contribution in [2.75, 3.05) is 0 Å². The molecular weight excluding hydrogens is 198 g/mol. The minimum atomic E-state index is -2.43. The molecule has 3 heteroatoms. The van der Waals surface area contributed by atoms with E-state index in [0.29, 0.717) is 5.92 Å². The van der Waals surface area contributed by atoms with E-state index in [9.17, 15) is 13.9 Å². The summed E-state index contributed by atoms with van der Waals surface area (Å²) in [4.78, 5) is 0. The fraction of sp³-hybridized carbons (Fsp3) is 0.500. The molecular formula is C12H14F2O. The summed E-state index contributed by atoms with van der Waals surface area (Å²) in [6.45, 7) is 0. The van der Waals surface area contributed by atoms with Crippen molar-refractivity contribution < 1.29 is 13.9 Å². The van der Waals surface area contributed by atoms with Crippen LogP contribution in [0.3, 0.4) is 0 Å². The summed E-state index contributed by atoms with van der Waals surface area (Å²) >= 11 is 0. The molecule has 2 rings (SSSR count). The average Bonchev–Trinajstić information content (AvgIpc) is 3.02. The predicted molar refractivity (Wildman–Crippen MR) is 53.7 cm³/mol. The highest BCUT2D eigenvalue weighted by Crippen LogP contribution is 2.37. The fourth-order valence-corrected chi connectivity index (χ4v) is 1.67. The Kier molecular flexibility index (Phi) is 3.00. The Morgan fingerprint density at radius 3 is 2.13 bits per heavy atom. The number of alkyl halides is 2. The molecule has 1 aromatic rings. The number of hydrogen-bond donors (Lipinski definition) is 1. The van der Waals surface area contributed by atoms with E-state index >= 15 is 0 Å². The number of hydrogen-bond acceptors (Lipinski definition) is 1. The first-order valence-corrected chi connectivity index (χ1v) is 5.23. The molecule has 1 aromatic carbocycles. The van der Waals surface area contributed by atoms with Gasteiger partial charge in [-0.3, -0.25) is 0 Å². The number of aliphatic hydroxyl groups excluding tert-OH is 1. The first kappa shape index (κ1) is 10.6. The standard InChI is InChI=1S/C12H14F2O/c13-12(14)10-5-3-9(4-6-10)11(15)7-8-1-2-8/h3-6,8,11-12,15H,1-2,7H2. The third-order valence-electron chi connectivity index (χ3n) is 2.83. The van der Waals surface area contributed by atoms with Crippen LogP contribution in [0.15, 0.2) is 24.3 Å². The third-order valence-corrected chi connectivity index (χ3v) is 2.83. The van der Waals surface area contributed by atoms with E-state index in [1.54, 1.807) is 12.1 Å². The minimum Gasteiger partial charge on any atom is -0.388 e. The second kappa shape index (κ2) is 4.27. The first-order valence-electron chi connectivity index (χ1n) is 5.23. The van der Waals surface area contributed by atoms with Gasteiger partial charge in [-0.05, 0) is 17.9 Å². The summed E-state index contributed by atoms with van der Waals surface area (Å²) in [5, 5.41) is 9.77.